The number of sulfone groups is 1. The van der Waals surface area contributed by atoms with Crippen molar-refractivity contribution in [2.75, 3.05) is 38.3 Å². The Bertz CT molecular complexity index is 1400. The van der Waals surface area contributed by atoms with Gasteiger partial charge in [0.05, 0.1) is 16.0 Å². The van der Waals surface area contributed by atoms with Crippen molar-refractivity contribution in [1.29, 1.82) is 0 Å². The number of nitrogens with zero attached hydrogens (tertiary/aromatic N) is 3. The topological polar surface area (TPSA) is 70.6 Å². The minimum Gasteiger partial charge on any atom is -0.308 e. The van der Waals surface area contributed by atoms with E-state index in [9.17, 15) is 13.2 Å². The van der Waals surface area contributed by atoms with Crippen molar-refractivity contribution in [2.45, 2.75) is 11.3 Å². The molecule has 0 atom stereocenters. The van der Waals surface area contributed by atoms with Crippen LogP contribution in [0.25, 0.3) is 21.3 Å². The molecule has 184 valence electrons. The molecule has 0 fully saturated rings. The lowest BCUT2D eigenvalue weighted by Gasteiger charge is -2.22. The smallest absolute Gasteiger partial charge is 0.233 e. The normalized spacial score (nSPS) is 11.4. The van der Waals surface area contributed by atoms with Crippen molar-refractivity contribution in [3.63, 3.8) is 0 Å². The van der Waals surface area contributed by atoms with Crippen molar-refractivity contribution in [1.82, 2.24) is 9.88 Å². The van der Waals surface area contributed by atoms with E-state index in [2.05, 4.69) is 17.1 Å². The Morgan fingerprint density at radius 3 is 2.17 bits per heavy atom. The van der Waals surface area contributed by atoms with Crippen molar-refractivity contribution in [3.05, 3.63) is 78.4 Å². The summed E-state index contributed by atoms with van der Waals surface area (Å²) in [6, 6.07) is 23.2. The van der Waals surface area contributed by atoms with Crippen LogP contribution < -0.4 is 4.90 Å². The standard InChI is InChI=1S/C26H27N3O3S2.ClH/c1-28(2)16-17-29(26-27-25-22(33-26)10-7-11-23(25)34(3,31)32)24(30)18-19-12-14-21(15-13-19)20-8-5-4-6-9-20;/h4-15H,16-18H2,1-3H3;1H. The van der Waals surface area contributed by atoms with Gasteiger partial charge in [-0.05, 0) is 42.9 Å². The molecule has 4 rings (SSSR count). The SMILES string of the molecule is CN(C)CCN(C(=O)Cc1ccc(-c2ccccc2)cc1)c1nc2c(S(C)(=O)=O)cccc2s1.Cl. The van der Waals surface area contributed by atoms with Crippen LogP contribution in [0, 0.1) is 0 Å². The van der Waals surface area contributed by atoms with Crippen LogP contribution in [-0.4, -0.2) is 57.6 Å². The van der Waals surface area contributed by atoms with Crippen LogP contribution in [0.1, 0.15) is 5.56 Å². The molecule has 1 heterocycles. The van der Waals surface area contributed by atoms with Gasteiger partial charge in [0.15, 0.2) is 15.0 Å². The highest BCUT2D eigenvalue weighted by Crippen LogP contribution is 2.33. The van der Waals surface area contributed by atoms with Crippen molar-refractivity contribution < 1.29 is 13.2 Å². The molecule has 4 aromatic rings. The highest BCUT2D eigenvalue weighted by Gasteiger charge is 2.23. The maximum atomic E-state index is 13.4. The van der Waals surface area contributed by atoms with Crippen molar-refractivity contribution in [2.24, 2.45) is 0 Å². The van der Waals surface area contributed by atoms with E-state index in [4.69, 9.17) is 0 Å². The van der Waals surface area contributed by atoms with Gasteiger partial charge in [-0.25, -0.2) is 13.4 Å². The number of hydrogen-bond acceptors (Lipinski definition) is 6. The first-order valence-corrected chi connectivity index (χ1v) is 13.6. The zero-order valence-corrected chi connectivity index (χ0v) is 22.3. The zero-order chi connectivity index (χ0) is 24.3. The summed E-state index contributed by atoms with van der Waals surface area (Å²) < 4.78 is 25.2. The Balaban J connectivity index is 0.00000342. The van der Waals surface area contributed by atoms with E-state index in [0.29, 0.717) is 23.7 Å². The van der Waals surface area contributed by atoms with E-state index >= 15 is 0 Å². The molecule has 1 amide bonds. The average molecular weight is 530 g/mol. The lowest BCUT2D eigenvalue weighted by molar-refractivity contribution is -0.118. The summed E-state index contributed by atoms with van der Waals surface area (Å²) in [5.41, 5.74) is 3.56. The second-order valence-electron chi connectivity index (χ2n) is 8.46. The molecule has 6 nitrogen and oxygen atoms in total. The first kappa shape index (κ1) is 26.8. The summed E-state index contributed by atoms with van der Waals surface area (Å²) in [6.07, 6.45) is 1.41. The number of carbonyl (C=O) groups excluding carboxylic acids is 1. The van der Waals surface area contributed by atoms with E-state index in [1.807, 2.05) is 67.5 Å². The van der Waals surface area contributed by atoms with Gasteiger partial charge in [-0.1, -0.05) is 72.0 Å². The number of aromatic nitrogens is 1. The molecule has 0 aliphatic rings. The predicted molar refractivity (Wildman–Crippen MR) is 146 cm³/mol. The molecule has 1 aromatic heterocycles. The van der Waals surface area contributed by atoms with E-state index in [1.54, 1.807) is 17.0 Å². The molecule has 0 radical (unpaired) electrons. The molecule has 0 N–H and O–H groups in total. The Kier molecular flexibility index (Phi) is 8.66. The largest absolute Gasteiger partial charge is 0.308 e. The first-order valence-electron chi connectivity index (χ1n) is 10.9. The molecule has 0 saturated carbocycles. The number of para-hydroxylation sites is 1. The number of thiazole rings is 1. The third-order valence-electron chi connectivity index (χ3n) is 5.49. The summed E-state index contributed by atoms with van der Waals surface area (Å²) in [5.74, 6) is -0.0747. The van der Waals surface area contributed by atoms with Crippen LogP contribution in [0.4, 0.5) is 5.13 Å². The number of anilines is 1. The monoisotopic (exact) mass is 529 g/mol. The zero-order valence-electron chi connectivity index (χ0n) is 19.8. The van der Waals surface area contributed by atoms with Crippen molar-refractivity contribution >= 4 is 54.8 Å². The fourth-order valence-electron chi connectivity index (χ4n) is 3.67. The van der Waals surface area contributed by atoms with Gasteiger partial charge in [0.2, 0.25) is 5.91 Å². The molecule has 0 bridgehead atoms. The average Bonchev–Trinajstić information content (AvgIpc) is 3.23. The number of likely N-dealkylation sites (N-methyl/N-ethyl adjacent to an activating group) is 1. The molecule has 9 heteroatoms. The lowest BCUT2D eigenvalue weighted by Crippen LogP contribution is -2.37. The summed E-state index contributed by atoms with van der Waals surface area (Å²) in [4.78, 5) is 21.9. The maximum absolute atomic E-state index is 13.4. The number of rotatable bonds is 8. The number of hydrogen-bond donors (Lipinski definition) is 0. The highest BCUT2D eigenvalue weighted by molar-refractivity contribution is 7.91. The summed E-state index contributed by atoms with van der Waals surface area (Å²) in [6.45, 7) is 1.12. The van der Waals surface area contributed by atoms with Gasteiger partial charge in [0, 0.05) is 19.3 Å². The second-order valence-corrected chi connectivity index (χ2v) is 11.5. The van der Waals surface area contributed by atoms with Crippen LogP contribution in [-0.2, 0) is 21.1 Å². The fraction of sp³-hybridized carbons (Fsp3) is 0.231. The van der Waals surface area contributed by atoms with Gasteiger partial charge >= 0.3 is 0 Å². The number of carbonyl (C=O) groups is 1. The quantitative estimate of drug-likeness (QED) is 0.324. The molecule has 0 spiro atoms. The number of benzene rings is 3. The first-order chi connectivity index (χ1) is 16.2. The Morgan fingerprint density at radius 1 is 0.886 bits per heavy atom. The van der Waals surface area contributed by atoms with Gasteiger partial charge in [0.25, 0.3) is 0 Å². The Morgan fingerprint density at radius 2 is 1.54 bits per heavy atom. The highest BCUT2D eigenvalue weighted by atomic mass is 35.5. The van der Waals surface area contributed by atoms with Crippen LogP contribution in [0.15, 0.2) is 77.7 Å². The predicted octanol–water partition coefficient (Wildman–Crippen LogP) is 4.93. The molecule has 35 heavy (non-hydrogen) atoms. The molecular formula is C26H28ClN3O3S2. The van der Waals surface area contributed by atoms with E-state index in [1.165, 1.54) is 17.6 Å². The molecular weight excluding hydrogens is 502 g/mol. The van der Waals surface area contributed by atoms with E-state index in [-0.39, 0.29) is 29.6 Å². The minimum absolute atomic E-state index is 0. The van der Waals surface area contributed by atoms with Gasteiger partial charge in [-0.15, -0.1) is 12.4 Å². The molecule has 0 aliphatic carbocycles. The van der Waals surface area contributed by atoms with Crippen LogP contribution in [0.2, 0.25) is 0 Å². The summed E-state index contributed by atoms with van der Waals surface area (Å²) in [5, 5.41) is 0.513. The van der Waals surface area contributed by atoms with Gasteiger partial charge in [0.1, 0.15) is 5.52 Å². The number of amides is 1. The van der Waals surface area contributed by atoms with Crippen LogP contribution in [0.5, 0.6) is 0 Å². The van der Waals surface area contributed by atoms with Crippen LogP contribution >= 0.6 is 23.7 Å². The molecule has 0 unspecified atom stereocenters. The maximum Gasteiger partial charge on any atom is 0.233 e. The molecule has 0 aliphatic heterocycles. The van der Waals surface area contributed by atoms with E-state index < -0.39 is 9.84 Å². The van der Waals surface area contributed by atoms with Gasteiger partial charge in [-0.2, -0.15) is 0 Å². The lowest BCUT2D eigenvalue weighted by atomic mass is 10.0. The molecule has 0 saturated heterocycles. The third kappa shape index (κ3) is 6.46. The number of halogens is 1. The Hall–Kier alpha value is -2.78. The Labute approximate surface area is 216 Å². The minimum atomic E-state index is -3.43. The van der Waals surface area contributed by atoms with E-state index in [0.717, 1.165) is 21.4 Å². The second kappa shape index (κ2) is 11.3. The molecule has 3 aromatic carbocycles. The van der Waals surface area contributed by atoms with Crippen molar-refractivity contribution in [3.8, 4) is 11.1 Å². The fourth-order valence-corrected chi connectivity index (χ4v) is 5.60. The number of fused-ring (bicyclic) bond motifs is 1. The van der Waals surface area contributed by atoms with Gasteiger partial charge < -0.3 is 4.90 Å². The third-order valence-corrected chi connectivity index (χ3v) is 7.66. The van der Waals surface area contributed by atoms with Gasteiger partial charge in [-0.3, -0.25) is 9.69 Å². The summed E-state index contributed by atoms with van der Waals surface area (Å²) in [7, 11) is 0.468. The summed E-state index contributed by atoms with van der Waals surface area (Å²) >= 11 is 1.34. The van der Waals surface area contributed by atoms with Crippen LogP contribution in [0.3, 0.4) is 0 Å².